The lowest BCUT2D eigenvalue weighted by Gasteiger charge is -2.13. The van der Waals surface area contributed by atoms with Gasteiger partial charge >= 0.3 is 8.00 Å². The molecule has 0 radical (unpaired) electrons. The molecule has 0 aliphatic carbocycles. The molecule has 0 saturated heterocycles. The van der Waals surface area contributed by atoms with Crippen molar-refractivity contribution >= 4 is 20.2 Å². The van der Waals surface area contributed by atoms with Crippen LogP contribution in [0.3, 0.4) is 0 Å². The molecule has 2 atom stereocenters. The van der Waals surface area contributed by atoms with Crippen LogP contribution >= 0.6 is 8.00 Å². The molecule has 1 amide bonds. The number of unbranched alkanes of at least 4 members (excludes halogenated alkanes) is 1. The van der Waals surface area contributed by atoms with Crippen molar-refractivity contribution in [1.82, 2.24) is 5.32 Å². The Morgan fingerprint density at radius 1 is 1.53 bits per heavy atom. The van der Waals surface area contributed by atoms with Crippen molar-refractivity contribution in [1.29, 1.82) is 0 Å². The molecular weight excluding hydrogens is 241 g/mol. The van der Waals surface area contributed by atoms with Crippen molar-refractivity contribution < 1.29 is 18.9 Å². The SMILES string of the molecule is C=[P+](O)OCCCCC(=O)NCC(CC)OC. The molecule has 6 heteroatoms. The first kappa shape index (κ1) is 16.5. The minimum atomic E-state index is -1.52. The number of carbonyl (C=O) groups excluding carboxylic acids is 1. The van der Waals surface area contributed by atoms with E-state index in [0.717, 1.165) is 19.3 Å². The summed E-state index contributed by atoms with van der Waals surface area (Å²) in [4.78, 5) is 20.2. The smallest absolute Gasteiger partial charge is 0.380 e. The highest BCUT2D eigenvalue weighted by atomic mass is 31.1. The van der Waals surface area contributed by atoms with Crippen molar-refractivity contribution in [2.75, 3.05) is 20.3 Å². The van der Waals surface area contributed by atoms with Crippen molar-refractivity contribution in [3.63, 3.8) is 0 Å². The van der Waals surface area contributed by atoms with Gasteiger partial charge in [-0.25, -0.2) is 0 Å². The van der Waals surface area contributed by atoms with Gasteiger partial charge in [-0.1, -0.05) is 6.92 Å². The number of rotatable bonds is 10. The van der Waals surface area contributed by atoms with Gasteiger partial charge in [0, 0.05) is 20.1 Å². The van der Waals surface area contributed by atoms with E-state index in [1.165, 1.54) is 0 Å². The standard InChI is InChI=1S/C11H22NO4P/c1-4-10(15-2)9-12-11(13)7-5-6-8-16-17(3)14/h10H,3-9H2,1-2H3,(H-,12,13,14)/p+1. The fourth-order valence-electron chi connectivity index (χ4n) is 1.27. The van der Waals surface area contributed by atoms with E-state index in [9.17, 15) is 4.79 Å². The Balaban J connectivity index is 3.43. The molecule has 0 aromatic carbocycles. The zero-order valence-corrected chi connectivity index (χ0v) is 11.5. The predicted octanol–water partition coefficient (Wildman–Crippen LogP) is 1.45. The van der Waals surface area contributed by atoms with Gasteiger partial charge in [0.25, 0.3) is 0 Å². The molecule has 0 heterocycles. The Kier molecular flexibility index (Phi) is 10.4. The maximum absolute atomic E-state index is 11.4. The van der Waals surface area contributed by atoms with Crippen LogP contribution in [0.4, 0.5) is 0 Å². The van der Waals surface area contributed by atoms with Crippen LogP contribution in [0.5, 0.6) is 0 Å². The maximum Gasteiger partial charge on any atom is 0.420 e. The third-order valence-electron chi connectivity index (χ3n) is 2.35. The van der Waals surface area contributed by atoms with Crippen LogP contribution in [0, 0.1) is 0 Å². The number of ether oxygens (including phenoxy) is 1. The Bertz CT molecular complexity index is 232. The van der Waals surface area contributed by atoms with E-state index in [1.807, 2.05) is 6.92 Å². The number of methoxy groups -OCH3 is 1. The summed E-state index contributed by atoms with van der Waals surface area (Å²) in [6, 6.07) is 0. The summed E-state index contributed by atoms with van der Waals surface area (Å²) in [5.41, 5.74) is 0. The van der Waals surface area contributed by atoms with Gasteiger partial charge in [0.05, 0.1) is 6.10 Å². The van der Waals surface area contributed by atoms with Gasteiger partial charge in [0.15, 0.2) is 0 Å². The number of carbonyl (C=O) groups is 1. The fraction of sp³-hybridized carbons (Fsp3) is 0.818. The Labute approximate surface area is 104 Å². The quantitative estimate of drug-likeness (QED) is 0.463. The van der Waals surface area contributed by atoms with Crippen molar-refractivity contribution in [3.05, 3.63) is 0 Å². The number of nitrogens with one attached hydrogen (secondary N) is 1. The molecule has 0 fully saturated rings. The van der Waals surface area contributed by atoms with Crippen molar-refractivity contribution in [2.24, 2.45) is 0 Å². The first-order chi connectivity index (χ1) is 8.10. The summed E-state index contributed by atoms with van der Waals surface area (Å²) in [5.74, 6) is 0.0291. The zero-order chi connectivity index (χ0) is 13.1. The highest BCUT2D eigenvalue weighted by Crippen LogP contribution is 2.14. The van der Waals surface area contributed by atoms with E-state index >= 15 is 0 Å². The Morgan fingerprint density at radius 2 is 2.24 bits per heavy atom. The Hall–Kier alpha value is -0.480. The van der Waals surface area contributed by atoms with Crippen LogP contribution in [-0.2, 0) is 14.1 Å². The van der Waals surface area contributed by atoms with Gasteiger partial charge in [0.2, 0.25) is 5.91 Å². The van der Waals surface area contributed by atoms with E-state index in [1.54, 1.807) is 7.11 Å². The van der Waals surface area contributed by atoms with E-state index in [-0.39, 0.29) is 12.0 Å². The van der Waals surface area contributed by atoms with Gasteiger partial charge in [-0.15, -0.1) is 0 Å². The summed E-state index contributed by atoms with van der Waals surface area (Å²) in [5, 5.41) is 2.82. The molecule has 5 nitrogen and oxygen atoms in total. The minimum Gasteiger partial charge on any atom is -0.380 e. The van der Waals surface area contributed by atoms with E-state index in [2.05, 4.69) is 11.6 Å². The molecule has 0 aromatic heterocycles. The molecule has 0 spiro atoms. The second-order valence-corrected chi connectivity index (χ2v) is 4.68. The number of hydrogen-bond acceptors (Lipinski definition) is 4. The lowest BCUT2D eigenvalue weighted by Crippen LogP contribution is -2.32. The number of hydrogen-bond donors (Lipinski definition) is 2. The van der Waals surface area contributed by atoms with Crippen molar-refractivity contribution in [2.45, 2.75) is 38.7 Å². The van der Waals surface area contributed by atoms with Crippen LogP contribution in [0.1, 0.15) is 32.6 Å². The van der Waals surface area contributed by atoms with Gasteiger partial charge in [-0.05, 0) is 19.3 Å². The highest BCUT2D eigenvalue weighted by Gasteiger charge is 2.07. The molecule has 2 unspecified atom stereocenters. The normalized spacial score (nSPS) is 13.2. The lowest BCUT2D eigenvalue weighted by molar-refractivity contribution is -0.121. The first-order valence-corrected chi connectivity index (χ1v) is 7.21. The van der Waals surface area contributed by atoms with E-state index < -0.39 is 8.00 Å². The molecule has 0 aromatic rings. The third kappa shape index (κ3) is 10.4. The summed E-state index contributed by atoms with van der Waals surface area (Å²) >= 11 is 0. The van der Waals surface area contributed by atoms with Crippen LogP contribution in [0.2, 0.25) is 0 Å². The largest absolute Gasteiger partial charge is 0.420 e. The summed E-state index contributed by atoms with van der Waals surface area (Å²) < 4.78 is 10.1. The molecule has 0 bridgehead atoms. The molecule has 100 valence electrons. The van der Waals surface area contributed by atoms with Gasteiger partial charge in [0.1, 0.15) is 12.9 Å². The molecule has 17 heavy (non-hydrogen) atoms. The van der Waals surface area contributed by atoms with Crippen LogP contribution in [0.15, 0.2) is 0 Å². The molecule has 0 saturated carbocycles. The van der Waals surface area contributed by atoms with Crippen LogP contribution in [0.25, 0.3) is 0 Å². The third-order valence-corrected chi connectivity index (χ3v) is 2.83. The van der Waals surface area contributed by atoms with Gasteiger partial charge in [-0.2, -0.15) is 9.42 Å². The van der Waals surface area contributed by atoms with Gasteiger partial charge in [-0.3, -0.25) is 4.79 Å². The summed E-state index contributed by atoms with van der Waals surface area (Å²) in [6.07, 6.45) is 6.29. The van der Waals surface area contributed by atoms with Crippen molar-refractivity contribution in [3.8, 4) is 0 Å². The zero-order valence-electron chi connectivity index (χ0n) is 10.6. The minimum absolute atomic E-state index is 0.0291. The summed E-state index contributed by atoms with van der Waals surface area (Å²) in [6.45, 7) is 3.03. The van der Waals surface area contributed by atoms with Crippen LogP contribution < -0.4 is 5.32 Å². The first-order valence-electron chi connectivity index (χ1n) is 5.82. The number of amides is 1. The topological polar surface area (TPSA) is 67.8 Å². The lowest BCUT2D eigenvalue weighted by atomic mass is 10.2. The van der Waals surface area contributed by atoms with E-state index in [0.29, 0.717) is 19.6 Å². The Morgan fingerprint density at radius 3 is 2.76 bits per heavy atom. The average molecular weight is 264 g/mol. The molecule has 2 N–H and O–H groups in total. The predicted molar refractivity (Wildman–Crippen MR) is 70.2 cm³/mol. The molecular formula is C11H23NO4P+. The second-order valence-electron chi connectivity index (χ2n) is 3.71. The highest BCUT2D eigenvalue weighted by molar-refractivity contribution is 7.44. The second kappa shape index (κ2) is 10.7. The molecule has 0 aliphatic heterocycles. The summed E-state index contributed by atoms with van der Waals surface area (Å²) in [7, 11) is 0.123. The van der Waals surface area contributed by atoms with Crippen LogP contribution in [-0.4, -0.2) is 43.5 Å². The maximum atomic E-state index is 11.4. The van der Waals surface area contributed by atoms with E-state index in [4.69, 9.17) is 14.2 Å². The molecule has 0 rings (SSSR count). The average Bonchev–Trinajstić information content (AvgIpc) is 2.29. The monoisotopic (exact) mass is 264 g/mol. The molecule has 0 aliphatic rings. The van der Waals surface area contributed by atoms with Gasteiger partial charge < -0.3 is 10.1 Å². The fourth-order valence-corrected chi connectivity index (χ4v) is 1.61.